The summed E-state index contributed by atoms with van der Waals surface area (Å²) in [6, 6.07) is 4.00. The molecule has 1 saturated heterocycles. The standard InChI is InChI=1S/C16H20N4O3S/c1-11(21)20-6-2-4-12(10-20)16(22)17-9-15-18-14(19-23-15)8-13-5-3-7-24-13/h3,5,7,12H,2,4,6,8-10H2,1H3,(H,17,22)/t12-/m0/s1. The number of likely N-dealkylation sites (tertiary alicyclic amines) is 1. The van der Waals surface area contributed by atoms with Crippen molar-refractivity contribution >= 4 is 23.2 Å². The van der Waals surface area contributed by atoms with E-state index >= 15 is 0 Å². The Morgan fingerprint density at radius 1 is 1.50 bits per heavy atom. The van der Waals surface area contributed by atoms with E-state index in [1.807, 2.05) is 17.5 Å². The number of hydrogen-bond donors (Lipinski definition) is 1. The van der Waals surface area contributed by atoms with Crippen LogP contribution >= 0.6 is 11.3 Å². The number of nitrogens with one attached hydrogen (secondary N) is 1. The third kappa shape index (κ3) is 4.19. The van der Waals surface area contributed by atoms with Crippen molar-refractivity contribution in [3.05, 3.63) is 34.1 Å². The summed E-state index contributed by atoms with van der Waals surface area (Å²) in [6.45, 7) is 2.96. The van der Waals surface area contributed by atoms with Gasteiger partial charge in [0.15, 0.2) is 5.82 Å². The Morgan fingerprint density at radius 3 is 3.12 bits per heavy atom. The van der Waals surface area contributed by atoms with Crippen molar-refractivity contribution in [2.75, 3.05) is 13.1 Å². The highest BCUT2D eigenvalue weighted by atomic mass is 32.1. The zero-order chi connectivity index (χ0) is 16.9. The Bertz CT molecular complexity index is 698. The fourth-order valence-corrected chi connectivity index (χ4v) is 3.49. The molecular weight excluding hydrogens is 328 g/mol. The van der Waals surface area contributed by atoms with Crippen LogP contribution in [-0.4, -0.2) is 39.9 Å². The lowest BCUT2D eigenvalue weighted by Gasteiger charge is -2.31. The molecule has 7 nitrogen and oxygen atoms in total. The molecule has 2 amide bonds. The van der Waals surface area contributed by atoms with Crippen LogP contribution in [0.4, 0.5) is 0 Å². The largest absolute Gasteiger partial charge is 0.347 e. The molecule has 2 aromatic heterocycles. The maximum atomic E-state index is 12.3. The smallest absolute Gasteiger partial charge is 0.246 e. The first-order chi connectivity index (χ1) is 11.6. The summed E-state index contributed by atoms with van der Waals surface area (Å²) in [5.74, 6) is 0.786. The van der Waals surface area contributed by atoms with Crippen LogP contribution in [-0.2, 0) is 22.6 Å². The zero-order valence-corrected chi connectivity index (χ0v) is 14.3. The Labute approximate surface area is 144 Å². The van der Waals surface area contributed by atoms with Crippen molar-refractivity contribution in [2.45, 2.75) is 32.7 Å². The van der Waals surface area contributed by atoms with E-state index in [1.54, 1.807) is 16.2 Å². The van der Waals surface area contributed by atoms with E-state index in [4.69, 9.17) is 4.52 Å². The average molecular weight is 348 g/mol. The SMILES string of the molecule is CC(=O)N1CCC[C@H](C(=O)NCc2nc(Cc3cccs3)no2)C1. The van der Waals surface area contributed by atoms with E-state index in [2.05, 4.69) is 15.5 Å². The van der Waals surface area contributed by atoms with Crippen LogP contribution in [0.3, 0.4) is 0 Å². The summed E-state index contributed by atoms with van der Waals surface area (Å²) >= 11 is 1.64. The van der Waals surface area contributed by atoms with E-state index in [0.29, 0.717) is 24.7 Å². The molecule has 1 fully saturated rings. The van der Waals surface area contributed by atoms with Crippen molar-refractivity contribution in [3.8, 4) is 0 Å². The number of nitrogens with zero attached hydrogens (tertiary/aromatic N) is 3. The van der Waals surface area contributed by atoms with Gasteiger partial charge < -0.3 is 14.7 Å². The van der Waals surface area contributed by atoms with Crippen molar-refractivity contribution in [3.63, 3.8) is 0 Å². The molecule has 3 heterocycles. The van der Waals surface area contributed by atoms with E-state index in [-0.39, 0.29) is 24.3 Å². The molecule has 24 heavy (non-hydrogen) atoms. The van der Waals surface area contributed by atoms with Crippen molar-refractivity contribution in [2.24, 2.45) is 5.92 Å². The second kappa shape index (κ2) is 7.57. The lowest BCUT2D eigenvalue weighted by Crippen LogP contribution is -2.44. The Kier molecular flexibility index (Phi) is 5.24. The van der Waals surface area contributed by atoms with E-state index < -0.39 is 0 Å². The number of rotatable bonds is 5. The first kappa shape index (κ1) is 16.6. The van der Waals surface area contributed by atoms with Crippen molar-refractivity contribution in [1.82, 2.24) is 20.4 Å². The number of hydrogen-bond acceptors (Lipinski definition) is 6. The van der Waals surface area contributed by atoms with Crippen LogP contribution < -0.4 is 5.32 Å². The molecule has 0 aromatic carbocycles. The van der Waals surface area contributed by atoms with Crippen LogP contribution in [0.1, 0.15) is 36.4 Å². The molecule has 2 aromatic rings. The summed E-state index contributed by atoms with van der Waals surface area (Å²) in [6.07, 6.45) is 2.28. The highest BCUT2D eigenvalue weighted by molar-refractivity contribution is 7.09. The van der Waals surface area contributed by atoms with Gasteiger partial charge in [-0.3, -0.25) is 9.59 Å². The number of carbonyl (C=O) groups excluding carboxylic acids is 2. The van der Waals surface area contributed by atoms with Gasteiger partial charge in [0.05, 0.1) is 12.5 Å². The van der Waals surface area contributed by atoms with Gasteiger partial charge in [-0.15, -0.1) is 11.3 Å². The van der Waals surface area contributed by atoms with Crippen LogP contribution in [0, 0.1) is 5.92 Å². The van der Waals surface area contributed by atoms with E-state index in [1.165, 1.54) is 6.92 Å². The van der Waals surface area contributed by atoms with Crippen molar-refractivity contribution in [1.29, 1.82) is 0 Å². The van der Waals surface area contributed by atoms with Gasteiger partial charge in [-0.05, 0) is 24.3 Å². The van der Waals surface area contributed by atoms with Gasteiger partial charge in [-0.1, -0.05) is 11.2 Å². The Balaban J connectivity index is 1.49. The summed E-state index contributed by atoms with van der Waals surface area (Å²) < 4.78 is 5.17. The van der Waals surface area contributed by atoms with Gasteiger partial charge in [-0.25, -0.2) is 0 Å². The number of carbonyl (C=O) groups is 2. The Morgan fingerprint density at radius 2 is 2.38 bits per heavy atom. The van der Waals surface area contributed by atoms with Crippen LogP contribution in [0.25, 0.3) is 0 Å². The molecule has 0 unspecified atom stereocenters. The number of thiophene rings is 1. The minimum Gasteiger partial charge on any atom is -0.347 e. The van der Waals surface area contributed by atoms with Crippen molar-refractivity contribution < 1.29 is 14.1 Å². The zero-order valence-electron chi connectivity index (χ0n) is 13.5. The van der Waals surface area contributed by atoms with Gasteiger partial charge in [0.2, 0.25) is 17.7 Å². The molecule has 128 valence electrons. The van der Waals surface area contributed by atoms with Gasteiger partial charge in [0.25, 0.3) is 0 Å². The fraction of sp³-hybridized carbons (Fsp3) is 0.500. The summed E-state index contributed by atoms with van der Waals surface area (Å²) in [7, 11) is 0. The van der Waals surface area contributed by atoms with Crippen LogP contribution in [0.15, 0.2) is 22.0 Å². The quantitative estimate of drug-likeness (QED) is 0.886. The monoisotopic (exact) mass is 348 g/mol. The van der Waals surface area contributed by atoms with E-state index in [0.717, 1.165) is 24.3 Å². The first-order valence-corrected chi connectivity index (χ1v) is 8.87. The maximum absolute atomic E-state index is 12.3. The summed E-state index contributed by atoms with van der Waals surface area (Å²) in [5.41, 5.74) is 0. The molecule has 1 N–H and O–H groups in total. The number of piperidine rings is 1. The summed E-state index contributed by atoms with van der Waals surface area (Å²) in [5, 5.41) is 8.77. The average Bonchev–Trinajstić information content (AvgIpc) is 3.25. The maximum Gasteiger partial charge on any atom is 0.246 e. The highest BCUT2D eigenvalue weighted by Crippen LogP contribution is 2.17. The van der Waals surface area contributed by atoms with Gasteiger partial charge in [0, 0.05) is 31.3 Å². The van der Waals surface area contributed by atoms with Gasteiger partial charge in [-0.2, -0.15) is 4.98 Å². The van der Waals surface area contributed by atoms with Crippen LogP contribution in [0.5, 0.6) is 0 Å². The molecule has 0 bridgehead atoms. The predicted molar refractivity (Wildman–Crippen MR) is 88.2 cm³/mol. The second-order valence-electron chi connectivity index (χ2n) is 5.88. The molecule has 1 aliphatic rings. The third-order valence-electron chi connectivity index (χ3n) is 4.07. The lowest BCUT2D eigenvalue weighted by atomic mass is 9.97. The van der Waals surface area contributed by atoms with Gasteiger partial charge in [0.1, 0.15) is 0 Å². The second-order valence-corrected chi connectivity index (χ2v) is 6.91. The number of aromatic nitrogens is 2. The third-order valence-corrected chi connectivity index (χ3v) is 4.95. The minimum atomic E-state index is -0.170. The highest BCUT2D eigenvalue weighted by Gasteiger charge is 2.27. The molecule has 3 rings (SSSR count). The molecule has 0 saturated carbocycles. The first-order valence-electron chi connectivity index (χ1n) is 7.99. The van der Waals surface area contributed by atoms with E-state index in [9.17, 15) is 9.59 Å². The molecule has 0 aliphatic carbocycles. The molecular formula is C16H20N4O3S. The molecule has 0 radical (unpaired) electrons. The molecule has 8 heteroatoms. The van der Waals surface area contributed by atoms with Gasteiger partial charge >= 0.3 is 0 Å². The molecule has 1 atom stereocenters. The lowest BCUT2D eigenvalue weighted by molar-refractivity contribution is -0.134. The molecule has 1 aliphatic heterocycles. The number of amides is 2. The minimum absolute atomic E-state index is 0.0163. The molecule has 0 spiro atoms. The summed E-state index contributed by atoms with van der Waals surface area (Å²) in [4.78, 5) is 30.9. The normalized spacial score (nSPS) is 17.7. The topological polar surface area (TPSA) is 88.3 Å². The van der Waals surface area contributed by atoms with Crippen LogP contribution in [0.2, 0.25) is 0 Å². The Hall–Kier alpha value is -2.22. The predicted octanol–water partition coefficient (Wildman–Crippen LogP) is 1.60. The fourth-order valence-electron chi connectivity index (χ4n) is 2.79.